The summed E-state index contributed by atoms with van der Waals surface area (Å²) in [6.45, 7) is 1.74. The van der Waals surface area contributed by atoms with E-state index in [0.29, 0.717) is 20.7 Å². The van der Waals surface area contributed by atoms with Crippen molar-refractivity contribution in [3.8, 4) is 5.75 Å². The first-order valence-electron chi connectivity index (χ1n) is 8.29. The SMILES string of the molecule is COc1ccc(C)cc1N1C[C@H](C(=O)OCC(=O)c2ccc(Cl)s2)CC1=O. The molecule has 0 aliphatic carbocycles. The molecule has 1 amide bonds. The fourth-order valence-corrected chi connectivity index (χ4v) is 3.87. The largest absolute Gasteiger partial charge is 0.495 e. The minimum absolute atomic E-state index is 0.0367. The van der Waals surface area contributed by atoms with Gasteiger partial charge in [-0.05, 0) is 36.8 Å². The highest BCUT2D eigenvalue weighted by atomic mass is 35.5. The average Bonchev–Trinajstić information content (AvgIpc) is 3.25. The zero-order chi connectivity index (χ0) is 19.6. The topological polar surface area (TPSA) is 72.9 Å². The second-order valence-corrected chi connectivity index (χ2v) is 7.93. The number of hydrogen-bond donors (Lipinski definition) is 0. The summed E-state index contributed by atoms with van der Waals surface area (Å²) in [5, 5.41) is 0. The normalized spacial score (nSPS) is 16.5. The summed E-state index contributed by atoms with van der Waals surface area (Å²) >= 11 is 6.93. The summed E-state index contributed by atoms with van der Waals surface area (Å²) in [7, 11) is 1.53. The number of benzene rings is 1. The molecule has 2 aromatic rings. The predicted molar refractivity (Wildman–Crippen MR) is 103 cm³/mol. The maximum atomic E-state index is 12.4. The van der Waals surface area contributed by atoms with E-state index in [0.717, 1.165) is 16.9 Å². The van der Waals surface area contributed by atoms with E-state index in [9.17, 15) is 14.4 Å². The molecule has 1 saturated heterocycles. The van der Waals surface area contributed by atoms with Gasteiger partial charge in [-0.15, -0.1) is 11.3 Å². The first-order chi connectivity index (χ1) is 12.9. The number of halogens is 1. The quantitative estimate of drug-likeness (QED) is 0.541. The van der Waals surface area contributed by atoms with Gasteiger partial charge in [-0.1, -0.05) is 17.7 Å². The lowest BCUT2D eigenvalue weighted by Crippen LogP contribution is -2.27. The number of hydrogen-bond acceptors (Lipinski definition) is 6. The van der Waals surface area contributed by atoms with Gasteiger partial charge in [0.1, 0.15) is 5.75 Å². The molecule has 1 aromatic heterocycles. The predicted octanol–water partition coefficient (Wildman–Crippen LogP) is 3.50. The van der Waals surface area contributed by atoms with Gasteiger partial charge in [-0.2, -0.15) is 0 Å². The van der Waals surface area contributed by atoms with E-state index in [1.54, 1.807) is 18.2 Å². The molecule has 27 heavy (non-hydrogen) atoms. The van der Waals surface area contributed by atoms with Crippen molar-refractivity contribution in [2.45, 2.75) is 13.3 Å². The van der Waals surface area contributed by atoms with Crippen LogP contribution in [0.3, 0.4) is 0 Å². The van der Waals surface area contributed by atoms with Crippen molar-refractivity contribution < 1.29 is 23.9 Å². The fourth-order valence-electron chi connectivity index (χ4n) is 2.90. The van der Waals surface area contributed by atoms with Crippen LogP contribution in [0.5, 0.6) is 5.75 Å². The van der Waals surface area contributed by atoms with Gasteiger partial charge in [0, 0.05) is 13.0 Å². The number of carbonyl (C=O) groups excluding carboxylic acids is 3. The van der Waals surface area contributed by atoms with E-state index >= 15 is 0 Å². The third kappa shape index (κ3) is 4.31. The van der Waals surface area contributed by atoms with Crippen molar-refractivity contribution >= 4 is 46.3 Å². The maximum Gasteiger partial charge on any atom is 0.311 e. The van der Waals surface area contributed by atoms with Gasteiger partial charge in [-0.25, -0.2) is 0 Å². The number of carbonyl (C=O) groups is 3. The van der Waals surface area contributed by atoms with Crippen molar-refractivity contribution in [3.63, 3.8) is 0 Å². The van der Waals surface area contributed by atoms with E-state index in [2.05, 4.69) is 0 Å². The van der Waals surface area contributed by atoms with Gasteiger partial charge in [-0.3, -0.25) is 14.4 Å². The summed E-state index contributed by atoms with van der Waals surface area (Å²) in [4.78, 5) is 38.7. The van der Waals surface area contributed by atoms with Crippen LogP contribution in [-0.2, 0) is 14.3 Å². The molecule has 1 aliphatic heterocycles. The smallest absolute Gasteiger partial charge is 0.311 e. The number of ketones is 1. The molecule has 8 heteroatoms. The Hall–Kier alpha value is -2.38. The standard InChI is InChI=1S/C19H18ClNO5S/c1-11-3-4-15(25-2)13(7-11)21-9-12(8-18(21)23)19(24)26-10-14(22)16-5-6-17(20)27-16/h3-7,12H,8-10H2,1-2H3/t12-/m1/s1. The Balaban J connectivity index is 1.64. The maximum absolute atomic E-state index is 12.4. The van der Waals surface area contributed by atoms with Gasteiger partial charge >= 0.3 is 5.97 Å². The minimum Gasteiger partial charge on any atom is -0.495 e. The summed E-state index contributed by atoms with van der Waals surface area (Å²) in [5.41, 5.74) is 1.60. The second-order valence-electron chi connectivity index (χ2n) is 6.22. The molecule has 0 N–H and O–H groups in total. The van der Waals surface area contributed by atoms with Crippen LogP contribution >= 0.6 is 22.9 Å². The Morgan fingerprint density at radius 3 is 2.74 bits per heavy atom. The molecule has 6 nitrogen and oxygen atoms in total. The molecule has 0 radical (unpaired) electrons. The van der Waals surface area contributed by atoms with Gasteiger partial charge in [0.05, 0.1) is 27.9 Å². The van der Waals surface area contributed by atoms with E-state index in [4.69, 9.17) is 21.1 Å². The monoisotopic (exact) mass is 407 g/mol. The summed E-state index contributed by atoms with van der Waals surface area (Å²) in [5.74, 6) is -1.12. The Labute approximate surface area is 165 Å². The van der Waals surface area contributed by atoms with Gasteiger partial charge in [0.15, 0.2) is 6.61 Å². The van der Waals surface area contributed by atoms with E-state index < -0.39 is 11.9 Å². The van der Waals surface area contributed by atoms with Crippen LogP contribution in [0.15, 0.2) is 30.3 Å². The summed E-state index contributed by atoms with van der Waals surface area (Å²) in [6.07, 6.45) is 0.0367. The molecule has 3 rings (SSSR count). The zero-order valence-electron chi connectivity index (χ0n) is 14.9. The lowest BCUT2D eigenvalue weighted by Gasteiger charge is -2.20. The molecular formula is C19H18ClNO5S. The highest BCUT2D eigenvalue weighted by Gasteiger charge is 2.37. The van der Waals surface area contributed by atoms with Crippen molar-refractivity contribution in [2.75, 3.05) is 25.2 Å². The lowest BCUT2D eigenvalue weighted by atomic mass is 10.1. The van der Waals surface area contributed by atoms with Gasteiger partial charge < -0.3 is 14.4 Å². The molecule has 1 fully saturated rings. The third-order valence-electron chi connectivity index (χ3n) is 4.28. The number of amides is 1. The molecule has 1 atom stereocenters. The van der Waals surface area contributed by atoms with Crippen LogP contribution in [0.4, 0.5) is 5.69 Å². The van der Waals surface area contributed by atoms with Crippen LogP contribution in [0.25, 0.3) is 0 Å². The van der Waals surface area contributed by atoms with Crippen LogP contribution in [-0.4, -0.2) is 37.9 Å². The molecule has 1 aromatic carbocycles. The number of nitrogens with zero attached hydrogens (tertiary/aromatic N) is 1. The van der Waals surface area contributed by atoms with Crippen molar-refractivity contribution in [2.24, 2.45) is 5.92 Å². The van der Waals surface area contributed by atoms with Gasteiger partial charge in [0.2, 0.25) is 11.7 Å². The minimum atomic E-state index is -0.623. The highest BCUT2D eigenvalue weighted by Crippen LogP contribution is 2.34. The molecular weight excluding hydrogens is 390 g/mol. The first-order valence-corrected chi connectivity index (χ1v) is 9.48. The van der Waals surface area contributed by atoms with E-state index in [1.807, 2.05) is 19.1 Å². The molecule has 0 unspecified atom stereocenters. The van der Waals surface area contributed by atoms with Crippen LogP contribution in [0.1, 0.15) is 21.7 Å². The number of ether oxygens (including phenoxy) is 2. The molecule has 142 valence electrons. The Bertz CT molecular complexity index is 894. The number of esters is 1. The number of thiophene rings is 1. The number of anilines is 1. The van der Waals surface area contributed by atoms with Crippen LogP contribution < -0.4 is 9.64 Å². The van der Waals surface area contributed by atoms with Crippen LogP contribution in [0.2, 0.25) is 4.34 Å². The second kappa shape index (κ2) is 8.10. The average molecular weight is 408 g/mol. The molecule has 1 aliphatic rings. The van der Waals surface area contributed by atoms with Crippen molar-refractivity contribution in [1.29, 1.82) is 0 Å². The van der Waals surface area contributed by atoms with Crippen LogP contribution in [0, 0.1) is 12.8 Å². The molecule has 0 spiro atoms. The fraction of sp³-hybridized carbons (Fsp3) is 0.316. The number of aryl methyl sites for hydroxylation is 1. The third-order valence-corrected chi connectivity index (χ3v) is 5.55. The summed E-state index contributed by atoms with van der Waals surface area (Å²) in [6, 6.07) is 8.72. The number of methoxy groups -OCH3 is 1. The molecule has 2 heterocycles. The Kier molecular flexibility index (Phi) is 5.82. The molecule has 0 bridgehead atoms. The van der Waals surface area contributed by atoms with Crippen molar-refractivity contribution in [1.82, 2.24) is 0 Å². The van der Waals surface area contributed by atoms with Crippen molar-refractivity contribution in [3.05, 3.63) is 45.1 Å². The number of rotatable bonds is 6. The zero-order valence-corrected chi connectivity index (χ0v) is 16.4. The van der Waals surface area contributed by atoms with Gasteiger partial charge in [0.25, 0.3) is 0 Å². The lowest BCUT2D eigenvalue weighted by molar-refractivity contribution is -0.147. The van der Waals surface area contributed by atoms with E-state index in [1.165, 1.54) is 12.0 Å². The Morgan fingerprint density at radius 1 is 1.30 bits per heavy atom. The van der Waals surface area contributed by atoms with E-state index in [-0.39, 0.29) is 31.3 Å². The summed E-state index contributed by atoms with van der Waals surface area (Å²) < 4.78 is 10.9. The number of Topliss-reactive ketones (excluding diaryl/α,β-unsaturated/α-hetero) is 1. The Morgan fingerprint density at radius 2 is 2.07 bits per heavy atom. The molecule has 0 saturated carbocycles. The highest BCUT2D eigenvalue weighted by molar-refractivity contribution is 7.18. The first kappa shape index (κ1) is 19.4.